The van der Waals surface area contributed by atoms with Gasteiger partial charge in [0.1, 0.15) is 0 Å². The Kier molecular flexibility index (Phi) is 3.13. The second kappa shape index (κ2) is 4.19. The molecule has 2 fully saturated rings. The molecule has 0 aromatic carbocycles. The van der Waals surface area contributed by atoms with Crippen molar-refractivity contribution in [2.24, 2.45) is 5.92 Å². The maximum Gasteiger partial charge on any atom is 0.0247 e. The van der Waals surface area contributed by atoms with Crippen LogP contribution in [0.3, 0.4) is 0 Å². The Morgan fingerprint density at radius 1 is 1.29 bits per heavy atom. The Labute approximate surface area is 88.1 Å². The van der Waals surface area contributed by atoms with E-state index >= 15 is 0 Å². The normalized spacial score (nSPS) is 36.0. The molecule has 0 bridgehead atoms. The van der Waals surface area contributed by atoms with Gasteiger partial charge in [0, 0.05) is 31.2 Å². The van der Waals surface area contributed by atoms with Crippen molar-refractivity contribution in [2.75, 3.05) is 13.1 Å². The lowest BCUT2D eigenvalue weighted by atomic mass is 9.87. The molecule has 2 unspecified atom stereocenters. The quantitative estimate of drug-likeness (QED) is 0.725. The zero-order valence-corrected chi connectivity index (χ0v) is 9.79. The second-order valence-corrected chi connectivity index (χ2v) is 5.40. The van der Waals surface area contributed by atoms with Crippen LogP contribution in [0.25, 0.3) is 0 Å². The Balaban J connectivity index is 1.99. The summed E-state index contributed by atoms with van der Waals surface area (Å²) in [5, 5.41) is 3.60. The van der Waals surface area contributed by atoms with Gasteiger partial charge in [-0.15, -0.1) is 0 Å². The minimum Gasteiger partial charge on any atom is -0.311 e. The highest BCUT2D eigenvalue weighted by atomic mass is 15.3. The Morgan fingerprint density at radius 3 is 2.50 bits per heavy atom. The lowest BCUT2D eigenvalue weighted by Crippen LogP contribution is -2.61. The summed E-state index contributed by atoms with van der Waals surface area (Å²) in [7, 11) is 0. The fraction of sp³-hybridized carbons (Fsp3) is 1.00. The zero-order valence-electron chi connectivity index (χ0n) is 9.79. The maximum atomic E-state index is 3.60. The van der Waals surface area contributed by atoms with E-state index in [4.69, 9.17) is 0 Å². The Morgan fingerprint density at radius 2 is 2.00 bits per heavy atom. The number of rotatable bonds is 2. The molecule has 1 aliphatic heterocycles. The second-order valence-electron chi connectivity index (χ2n) is 5.40. The van der Waals surface area contributed by atoms with Crippen LogP contribution in [0.15, 0.2) is 0 Å². The molecule has 0 amide bonds. The van der Waals surface area contributed by atoms with Gasteiger partial charge < -0.3 is 5.32 Å². The number of nitrogens with one attached hydrogen (secondary N) is 1. The minimum atomic E-state index is 0.686. The summed E-state index contributed by atoms with van der Waals surface area (Å²) in [5.41, 5.74) is 0. The first-order chi connectivity index (χ1) is 6.68. The first kappa shape index (κ1) is 10.4. The number of nitrogens with zero attached hydrogens (tertiary/aromatic N) is 1. The van der Waals surface area contributed by atoms with Crippen LogP contribution in [0.1, 0.15) is 40.0 Å². The van der Waals surface area contributed by atoms with Crippen molar-refractivity contribution in [3.8, 4) is 0 Å². The summed E-state index contributed by atoms with van der Waals surface area (Å²) in [6.45, 7) is 9.47. The molecule has 82 valence electrons. The zero-order chi connectivity index (χ0) is 10.1. The highest BCUT2D eigenvalue weighted by Gasteiger charge is 2.35. The molecule has 0 spiro atoms. The average Bonchev–Trinajstić information content (AvgIpc) is 2.00. The van der Waals surface area contributed by atoms with Gasteiger partial charge in [-0.2, -0.15) is 0 Å². The van der Waals surface area contributed by atoms with E-state index in [9.17, 15) is 0 Å². The molecule has 2 nitrogen and oxygen atoms in total. The summed E-state index contributed by atoms with van der Waals surface area (Å²) >= 11 is 0. The molecule has 14 heavy (non-hydrogen) atoms. The maximum absolute atomic E-state index is 3.60. The van der Waals surface area contributed by atoms with Gasteiger partial charge in [0.25, 0.3) is 0 Å². The standard InChI is InChI=1S/C12H24N2/c1-9(2)12-7-13-10(3)8-14(12)11-5-4-6-11/h9-13H,4-8H2,1-3H3. The molecule has 1 N–H and O–H groups in total. The van der Waals surface area contributed by atoms with E-state index in [1.807, 2.05) is 0 Å². The fourth-order valence-corrected chi connectivity index (χ4v) is 2.71. The molecule has 1 saturated heterocycles. The highest BCUT2D eigenvalue weighted by Crippen LogP contribution is 2.29. The van der Waals surface area contributed by atoms with Gasteiger partial charge in [0.15, 0.2) is 0 Å². The molecule has 2 atom stereocenters. The smallest absolute Gasteiger partial charge is 0.0247 e. The van der Waals surface area contributed by atoms with Crippen LogP contribution in [0.4, 0.5) is 0 Å². The Bertz CT molecular complexity index is 187. The van der Waals surface area contributed by atoms with Crippen LogP contribution in [-0.4, -0.2) is 36.1 Å². The van der Waals surface area contributed by atoms with Gasteiger partial charge in [-0.05, 0) is 25.7 Å². The summed E-state index contributed by atoms with van der Waals surface area (Å²) in [5.74, 6) is 0.788. The molecule has 1 aliphatic carbocycles. The van der Waals surface area contributed by atoms with E-state index in [0.29, 0.717) is 6.04 Å². The molecule has 2 aliphatic rings. The Hall–Kier alpha value is -0.0800. The van der Waals surface area contributed by atoms with Crippen LogP contribution in [0.2, 0.25) is 0 Å². The third kappa shape index (κ3) is 1.96. The highest BCUT2D eigenvalue weighted by molar-refractivity contribution is 4.92. The van der Waals surface area contributed by atoms with Gasteiger partial charge in [-0.3, -0.25) is 4.90 Å². The summed E-state index contributed by atoms with van der Waals surface area (Å²) < 4.78 is 0. The van der Waals surface area contributed by atoms with Gasteiger partial charge in [-0.1, -0.05) is 20.3 Å². The number of hydrogen-bond donors (Lipinski definition) is 1. The van der Waals surface area contributed by atoms with Gasteiger partial charge in [-0.25, -0.2) is 0 Å². The largest absolute Gasteiger partial charge is 0.311 e. The van der Waals surface area contributed by atoms with Gasteiger partial charge in [0.05, 0.1) is 0 Å². The minimum absolute atomic E-state index is 0.686. The van der Waals surface area contributed by atoms with Crippen LogP contribution in [-0.2, 0) is 0 Å². The van der Waals surface area contributed by atoms with Crippen molar-refractivity contribution >= 4 is 0 Å². The van der Waals surface area contributed by atoms with Crippen molar-refractivity contribution in [1.82, 2.24) is 10.2 Å². The van der Waals surface area contributed by atoms with Crippen LogP contribution < -0.4 is 5.32 Å². The number of hydrogen-bond acceptors (Lipinski definition) is 2. The van der Waals surface area contributed by atoms with Crippen LogP contribution >= 0.6 is 0 Å². The van der Waals surface area contributed by atoms with Gasteiger partial charge >= 0.3 is 0 Å². The van der Waals surface area contributed by atoms with Crippen LogP contribution in [0, 0.1) is 5.92 Å². The monoisotopic (exact) mass is 196 g/mol. The summed E-state index contributed by atoms with van der Waals surface area (Å²) in [6, 6.07) is 2.37. The van der Waals surface area contributed by atoms with E-state index in [2.05, 4.69) is 31.0 Å². The molecule has 1 saturated carbocycles. The van der Waals surface area contributed by atoms with Crippen molar-refractivity contribution in [2.45, 2.75) is 58.2 Å². The molecular formula is C12H24N2. The van der Waals surface area contributed by atoms with Crippen molar-refractivity contribution in [1.29, 1.82) is 0 Å². The first-order valence-electron chi connectivity index (χ1n) is 6.17. The molecule has 2 heteroatoms. The summed E-state index contributed by atoms with van der Waals surface area (Å²) in [4.78, 5) is 2.77. The SMILES string of the molecule is CC1CN(C2CCC2)C(C(C)C)CN1. The summed E-state index contributed by atoms with van der Waals surface area (Å²) in [6.07, 6.45) is 4.33. The number of piperazine rings is 1. The van der Waals surface area contributed by atoms with E-state index in [1.165, 1.54) is 32.4 Å². The van der Waals surface area contributed by atoms with Crippen molar-refractivity contribution < 1.29 is 0 Å². The van der Waals surface area contributed by atoms with E-state index in [1.54, 1.807) is 0 Å². The van der Waals surface area contributed by atoms with Crippen molar-refractivity contribution in [3.63, 3.8) is 0 Å². The molecule has 1 heterocycles. The molecule has 0 radical (unpaired) electrons. The fourth-order valence-electron chi connectivity index (χ4n) is 2.71. The predicted molar refractivity (Wildman–Crippen MR) is 60.4 cm³/mol. The topological polar surface area (TPSA) is 15.3 Å². The average molecular weight is 196 g/mol. The molecule has 0 aromatic rings. The predicted octanol–water partition coefficient (Wildman–Crippen LogP) is 1.86. The third-order valence-corrected chi connectivity index (χ3v) is 3.90. The van der Waals surface area contributed by atoms with E-state index in [0.717, 1.165) is 18.0 Å². The lowest BCUT2D eigenvalue weighted by molar-refractivity contribution is 0.0248. The first-order valence-corrected chi connectivity index (χ1v) is 6.17. The molecular weight excluding hydrogens is 172 g/mol. The third-order valence-electron chi connectivity index (χ3n) is 3.90. The lowest BCUT2D eigenvalue weighted by Gasteiger charge is -2.48. The van der Waals surface area contributed by atoms with Gasteiger partial charge in [0.2, 0.25) is 0 Å². The molecule has 2 rings (SSSR count). The molecule has 0 aromatic heterocycles. The van der Waals surface area contributed by atoms with Crippen molar-refractivity contribution in [3.05, 3.63) is 0 Å². The van der Waals surface area contributed by atoms with E-state index in [-0.39, 0.29) is 0 Å². The van der Waals surface area contributed by atoms with E-state index < -0.39 is 0 Å². The van der Waals surface area contributed by atoms with Crippen LogP contribution in [0.5, 0.6) is 0 Å².